The first-order chi connectivity index (χ1) is 11.5. The zero-order chi connectivity index (χ0) is 17.1. The third kappa shape index (κ3) is 3.75. The van der Waals surface area contributed by atoms with Gasteiger partial charge in [0.2, 0.25) is 5.91 Å². The van der Waals surface area contributed by atoms with Crippen LogP contribution in [0.15, 0.2) is 24.4 Å². The van der Waals surface area contributed by atoms with Gasteiger partial charge in [-0.25, -0.2) is 4.39 Å². The van der Waals surface area contributed by atoms with Crippen LogP contribution in [0.2, 0.25) is 0 Å². The minimum Gasteiger partial charge on any atom is -0.481 e. The molecule has 1 saturated heterocycles. The molecular formula is C18H21FN2O3. The maximum absolute atomic E-state index is 13.2. The highest BCUT2D eigenvalue weighted by atomic mass is 19.1. The number of carbonyl (C=O) groups is 2. The zero-order valence-electron chi connectivity index (χ0n) is 13.4. The van der Waals surface area contributed by atoms with Crippen LogP contribution in [0.1, 0.15) is 31.2 Å². The molecule has 1 fully saturated rings. The molecule has 1 aromatic carbocycles. The standard InChI is InChI=1S/C18H21FN2O3/c19-14-4-5-15-13(10-20-16(15)9-14)8-17(22)21-7-1-2-12(11-21)3-6-18(23)24/h4-5,9-10,12,20H,1-3,6-8,11H2,(H,23,24)/t12-/m1/s1. The van der Waals surface area contributed by atoms with Crippen LogP contribution in [0.3, 0.4) is 0 Å². The third-order valence-corrected chi connectivity index (χ3v) is 4.71. The van der Waals surface area contributed by atoms with Crippen molar-refractivity contribution in [2.24, 2.45) is 5.92 Å². The summed E-state index contributed by atoms with van der Waals surface area (Å²) in [5, 5.41) is 9.66. The van der Waals surface area contributed by atoms with Gasteiger partial charge in [0.25, 0.3) is 0 Å². The zero-order valence-corrected chi connectivity index (χ0v) is 13.4. The number of hydrogen-bond donors (Lipinski definition) is 2. The summed E-state index contributed by atoms with van der Waals surface area (Å²) in [5.74, 6) is -0.792. The molecule has 1 atom stereocenters. The molecule has 24 heavy (non-hydrogen) atoms. The molecule has 3 rings (SSSR count). The molecule has 1 aromatic heterocycles. The van der Waals surface area contributed by atoms with Gasteiger partial charge in [0.1, 0.15) is 5.82 Å². The number of hydrogen-bond acceptors (Lipinski definition) is 2. The van der Waals surface area contributed by atoms with Gasteiger partial charge >= 0.3 is 5.97 Å². The molecule has 0 unspecified atom stereocenters. The lowest BCUT2D eigenvalue weighted by Gasteiger charge is -2.32. The topological polar surface area (TPSA) is 73.4 Å². The Hall–Kier alpha value is -2.37. The number of amides is 1. The Morgan fingerprint density at radius 1 is 1.38 bits per heavy atom. The normalized spacial score (nSPS) is 18.0. The summed E-state index contributed by atoms with van der Waals surface area (Å²) >= 11 is 0. The van der Waals surface area contributed by atoms with Crippen molar-refractivity contribution in [2.75, 3.05) is 13.1 Å². The van der Waals surface area contributed by atoms with E-state index in [1.54, 1.807) is 12.3 Å². The molecule has 2 N–H and O–H groups in total. The average molecular weight is 332 g/mol. The first-order valence-electron chi connectivity index (χ1n) is 8.28. The van der Waals surface area contributed by atoms with Gasteiger partial charge < -0.3 is 15.0 Å². The molecule has 1 amide bonds. The van der Waals surface area contributed by atoms with Crippen molar-refractivity contribution in [3.63, 3.8) is 0 Å². The van der Waals surface area contributed by atoms with Gasteiger partial charge in [-0.1, -0.05) is 0 Å². The monoisotopic (exact) mass is 332 g/mol. The SMILES string of the molecule is O=C(O)CC[C@H]1CCCN(C(=O)Cc2c[nH]c3cc(F)ccc23)C1. The fourth-order valence-electron chi connectivity index (χ4n) is 3.43. The number of carboxylic acids is 1. The van der Waals surface area contributed by atoms with Crippen LogP contribution in [-0.4, -0.2) is 40.0 Å². The fraction of sp³-hybridized carbons (Fsp3) is 0.444. The summed E-state index contributed by atoms with van der Waals surface area (Å²) in [6.45, 7) is 1.35. The number of rotatable bonds is 5. The van der Waals surface area contributed by atoms with Crippen molar-refractivity contribution in [3.05, 3.63) is 35.8 Å². The second kappa shape index (κ2) is 7.03. The Balaban J connectivity index is 1.64. The highest BCUT2D eigenvalue weighted by molar-refractivity contribution is 5.89. The van der Waals surface area contributed by atoms with Crippen molar-refractivity contribution >= 4 is 22.8 Å². The molecule has 2 aromatic rings. The smallest absolute Gasteiger partial charge is 0.303 e. The number of benzene rings is 1. The van der Waals surface area contributed by atoms with Gasteiger partial charge in [0.05, 0.1) is 6.42 Å². The molecule has 0 aliphatic carbocycles. The summed E-state index contributed by atoms with van der Waals surface area (Å²) < 4.78 is 13.2. The predicted molar refractivity (Wildman–Crippen MR) is 88.1 cm³/mol. The fourth-order valence-corrected chi connectivity index (χ4v) is 3.43. The van der Waals surface area contributed by atoms with Crippen LogP contribution >= 0.6 is 0 Å². The molecule has 1 aliphatic heterocycles. The minimum atomic E-state index is -0.788. The van der Waals surface area contributed by atoms with E-state index in [2.05, 4.69) is 4.98 Å². The first-order valence-corrected chi connectivity index (χ1v) is 8.28. The van der Waals surface area contributed by atoms with E-state index >= 15 is 0 Å². The van der Waals surface area contributed by atoms with E-state index in [4.69, 9.17) is 5.11 Å². The highest BCUT2D eigenvalue weighted by Gasteiger charge is 2.24. The maximum atomic E-state index is 13.2. The lowest BCUT2D eigenvalue weighted by Crippen LogP contribution is -2.40. The highest BCUT2D eigenvalue weighted by Crippen LogP contribution is 2.24. The van der Waals surface area contributed by atoms with Gasteiger partial charge in [0, 0.05) is 36.6 Å². The van der Waals surface area contributed by atoms with Crippen molar-refractivity contribution in [2.45, 2.75) is 32.1 Å². The Morgan fingerprint density at radius 2 is 2.21 bits per heavy atom. The van der Waals surface area contributed by atoms with E-state index in [0.29, 0.717) is 18.5 Å². The Bertz CT molecular complexity index is 756. The van der Waals surface area contributed by atoms with E-state index in [1.807, 2.05) is 4.90 Å². The quantitative estimate of drug-likeness (QED) is 0.884. The number of aliphatic carboxylic acids is 1. The molecule has 0 saturated carbocycles. The summed E-state index contributed by atoms with van der Waals surface area (Å²) in [6.07, 6.45) is 4.69. The number of likely N-dealkylation sites (tertiary alicyclic amines) is 1. The Labute approximate surface area is 139 Å². The number of nitrogens with one attached hydrogen (secondary N) is 1. The lowest BCUT2D eigenvalue weighted by atomic mass is 9.93. The number of fused-ring (bicyclic) bond motifs is 1. The molecule has 1 aliphatic rings. The van der Waals surface area contributed by atoms with Crippen molar-refractivity contribution < 1.29 is 19.1 Å². The second-order valence-corrected chi connectivity index (χ2v) is 6.46. The molecule has 0 bridgehead atoms. The van der Waals surface area contributed by atoms with Crippen LogP contribution in [-0.2, 0) is 16.0 Å². The number of carboxylic acid groups (broad SMARTS) is 1. The molecule has 6 heteroatoms. The maximum Gasteiger partial charge on any atom is 0.303 e. The molecule has 5 nitrogen and oxygen atoms in total. The summed E-state index contributed by atoms with van der Waals surface area (Å²) in [6, 6.07) is 4.51. The number of aromatic amines is 1. The van der Waals surface area contributed by atoms with Gasteiger partial charge in [-0.15, -0.1) is 0 Å². The third-order valence-electron chi connectivity index (χ3n) is 4.71. The van der Waals surface area contributed by atoms with Crippen LogP contribution < -0.4 is 0 Å². The van der Waals surface area contributed by atoms with Gasteiger partial charge in [-0.3, -0.25) is 9.59 Å². The first kappa shape index (κ1) is 16.5. The number of piperidine rings is 1. The lowest BCUT2D eigenvalue weighted by molar-refractivity contribution is -0.137. The predicted octanol–water partition coefficient (Wildman–Crippen LogP) is 2.95. The van der Waals surface area contributed by atoms with Gasteiger partial charge in [0.15, 0.2) is 0 Å². The number of H-pyrrole nitrogens is 1. The van der Waals surface area contributed by atoms with Crippen LogP contribution in [0.4, 0.5) is 4.39 Å². The molecular weight excluding hydrogens is 311 g/mol. The number of carbonyl (C=O) groups excluding carboxylic acids is 1. The van der Waals surface area contributed by atoms with Gasteiger partial charge in [-0.05, 0) is 48.9 Å². The van der Waals surface area contributed by atoms with E-state index in [-0.39, 0.29) is 30.5 Å². The molecule has 0 spiro atoms. The summed E-state index contributed by atoms with van der Waals surface area (Å²) in [7, 11) is 0. The van der Waals surface area contributed by atoms with E-state index in [0.717, 1.165) is 30.3 Å². The number of nitrogens with zero attached hydrogens (tertiary/aromatic N) is 1. The van der Waals surface area contributed by atoms with Crippen LogP contribution in [0.25, 0.3) is 10.9 Å². The van der Waals surface area contributed by atoms with E-state index in [1.165, 1.54) is 12.1 Å². The molecule has 2 heterocycles. The van der Waals surface area contributed by atoms with E-state index in [9.17, 15) is 14.0 Å². The minimum absolute atomic E-state index is 0.0419. The Morgan fingerprint density at radius 3 is 3.00 bits per heavy atom. The number of halogens is 1. The van der Waals surface area contributed by atoms with Gasteiger partial charge in [-0.2, -0.15) is 0 Å². The van der Waals surface area contributed by atoms with E-state index < -0.39 is 5.97 Å². The Kier molecular flexibility index (Phi) is 4.83. The number of aromatic nitrogens is 1. The molecule has 128 valence electrons. The van der Waals surface area contributed by atoms with Crippen LogP contribution in [0, 0.1) is 11.7 Å². The van der Waals surface area contributed by atoms with Crippen molar-refractivity contribution in [3.8, 4) is 0 Å². The van der Waals surface area contributed by atoms with Crippen LogP contribution in [0.5, 0.6) is 0 Å². The average Bonchev–Trinajstić information content (AvgIpc) is 2.95. The van der Waals surface area contributed by atoms with Crippen molar-refractivity contribution in [1.29, 1.82) is 0 Å². The largest absolute Gasteiger partial charge is 0.481 e. The van der Waals surface area contributed by atoms with Crippen molar-refractivity contribution in [1.82, 2.24) is 9.88 Å². The molecule has 0 radical (unpaired) electrons. The summed E-state index contributed by atoms with van der Waals surface area (Å²) in [4.78, 5) is 28.1. The second-order valence-electron chi connectivity index (χ2n) is 6.46. The summed E-state index contributed by atoms with van der Waals surface area (Å²) in [5.41, 5.74) is 1.55.